The molecule has 0 aromatic rings. The molecule has 0 aromatic heterocycles. The Hall–Kier alpha value is 2.11. The molecular weight excluding hydrogens is 86.3 g/mol. The van der Waals surface area contributed by atoms with E-state index in [0.717, 1.165) is 0 Å². The van der Waals surface area contributed by atoms with Gasteiger partial charge >= 0.3 is 41.9 Å². The van der Waals surface area contributed by atoms with Crippen LogP contribution in [0.25, 0.3) is 0 Å². The number of rotatable bonds is 0. The van der Waals surface area contributed by atoms with Crippen LogP contribution in [0.2, 0.25) is 0 Å². The first kappa shape index (κ1) is 35.8. The maximum atomic E-state index is 0. The topological polar surface area (TPSA) is 0 Å². The Balaban J connectivity index is 0. The van der Waals surface area contributed by atoms with Gasteiger partial charge in [-0.05, 0) is 0 Å². The van der Waals surface area contributed by atoms with Gasteiger partial charge in [0.15, 0.2) is 0 Å². The van der Waals surface area contributed by atoms with E-state index in [4.69, 9.17) is 0 Å². The minimum atomic E-state index is 0. The first-order valence-electron chi connectivity index (χ1n) is 0. The second-order valence-electron chi connectivity index (χ2n) is 0. The smallest absolute Gasteiger partial charge is 1.00 e. The summed E-state index contributed by atoms with van der Waals surface area (Å²) in [7, 11) is 0. The van der Waals surface area contributed by atoms with Gasteiger partial charge in [-0.25, -0.2) is 0 Å². The summed E-state index contributed by atoms with van der Waals surface area (Å²) < 4.78 is 0. The standard InChI is InChI=1S/Al.Li.Mg.Si.3H/q;+1;+2;;3*-1. The van der Waals surface area contributed by atoms with Gasteiger partial charge in [0.1, 0.15) is 0 Å². The van der Waals surface area contributed by atoms with Crippen LogP contribution in [0.15, 0.2) is 0 Å². The molecule has 4 heteroatoms. The predicted molar refractivity (Wildman–Crippen MR) is 20.6 cm³/mol. The second-order valence-corrected chi connectivity index (χ2v) is 0. The zero-order chi connectivity index (χ0) is 0. The van der Waals surface area contributed by atoms with Crippen LogP contribution in [0.4, 0.5) is 0 Å². The fourth-order valence-corrected chi connectivity index (χ4v) is 0. The quantitative estimate of drug-likeness (QED) is 0.267. The summed E-state index contributed by atoms with van der Waals surface area (Å²) in [6, 6.07) is 0. The van der Waals surface area contributed by atoms with E-state index in [1.54, 1.807) is 0 Å². The number of hydrogen-bond donors (Lipinski definition) is 0. The SMILES string of the molecule is [Al].[H-].[H-].[H-].[Li+].[Mg+2].[Si]. The summed E-state index contributed by atoms with van der Waals surface area (Å²) in [5, 5.41) is 0. The van der Waals surface area contributed by atoms with Crippen LogP contribution in [0.3, 0.4) is 0 Å². The van der Waals surface area contributed by atoms with Crippen molar-refractivity contribution >= 4 is 51.4 Å². The molecule has 0 amide bonds. The van der Waals surface area contributed by atoms with Gasteiger partial charge in [0, 0.05) is 28.3 Å². The van der Waals surface area contributed by atoms with Gasteiger partial charge in [0.05, 0.1) is 0 Å². The molecule has 7 radical (unpaired) electrons. The summed E-state index contributed by atoms with van der Waals surface area (Å²) >= 11 is 0. The van der Waals surface area contributed by atoms with E-state index in [1.807, 2.05) is 0 Å². The fraction of sp³-hybridized carbons (Fsp3) is 0. The largest absolute Gasteiger partial charge is 2.00 e. The normalized spacial score (nSPS) is 0. The van der Waals surface area contributed by atoms with Gasteiger partial charge < -0.3 is 4.28 Å². The number of hydrogen-bond acceptors (Lipinski definition) is 0. The van der Waals surface area contributed by atoms with E-state index in [-0.39, 0.29) is 74.5 Å². The van der Waals surface area contributed by atoms with Crippen molar-refractivity contribution in [2.24, 2.45) is 0 Å². The Morgan fingerprint density at radius 3 is 1.25 bits per heavy atom. The molecule has 0 atom stereocenters. The van der Waals surface area contributed by atoms with Gasteiger partial charge in [-0.2, -0.15) is 0 Å². The average Bonchev–Trinajstić information content (AvgIpc) is 0. The fourth-order valence-electron chi connectivity index (χ4n) is 0. The second kappa shape index (κ2) is 19.4. The molecule has 0 unspecified atom stereocenters. The van der Waals surface area contributed by atoms with Crippen molar-refractivity contribution < 1.29 is 23.1 Å². The van der Waals surface area contributed by atoms with Crippen LogP contribution in [0.1, 0.15) is 4.28 Å². The average molecular weight is 89.3 g/mol. The van der Waals surface area contributed by atoms with Crippen molar-refractivity contribution in [1.29, 1.82) is 0 Å². The van der Waals surface area contributed by atoms with Crippen LogP contribution in [0.5, 0.6) is 0 Å². The van der Waals surface area contributed by atoms with Crippen LogP contribution in [-0.4, -0.2) is 51.4 Å². The van der Waals surface area contributed by atoms with E-state index in [1.165, 1.54) is 0 Å². The molecule has 0 aliphatic rings. The van der Waals surface area contributed by atoms with E-state index in [2.05, 4.69) is 0 Å². The molecule has 0 aliphatic carbocycles. The molecule has 0 saturated heterocycles. The van der Waals surface area contributed by atoms with Crippen molar-refractivity contribution in [3.8, 4) is 0 Å². The van der Waals surface area contributed by atoms with Crippen LogP contribution in [-0.2, 0) is 0 Å². The van der Waals surface area contributed by atoms with Crippen LogP contribution >= 0.6 is 0 Å². The van der Waals surface area contributed by atoms with Gasteiger partial charge in [-0.3, -0.25) is 0 Å². The summed E-state index contributed by atoms with van der Waals surface area (Å²) in [5.74, 6) is 0. The molecule has 0 aromatic carbocycles. The van der Waals surface area contributed by atoms with Crippen LogP contribution in [0, 0.1) is 0 Å². The maximum absolute atomic E-state index is 0. The first-order valence-corrected chi connectivity index (χ1v) is 0. The first-order chi connectivity index (χ1) is 0. The Labute approximate surface area is 74.0 Å². The van der Waals surface area contributed by atoms with E-state index < -0.39 is 0 Å². The molecule has 0 spiro atoms. The van der Waals surface area contributed by atoms with Crippen molar-refractivity contribution in [2.45, 2.75) is 0 Å². The molecule has 0 saturated carbocycles. The minimum Gasteiger partial charge on any atom is -1.00 e. The zero-order valence-electron chi connectivity index (χ0n) is 5.78. The summed E-state index contributed by atoms with van der Waals surface area (Å²) in [6.45, 7) is 0. The monoisotopic (exact) mass is 89.0 g/mol. The summed E-state index contributed by atoms with van der Waals surface area (Å²) in [4.78, 5) is 0. The Kier molecular flexibility index (Phi) is 173. The minimum absolute atomic E-state index is 0. The molecule has 4 heavy (non-hydrogen) atoms. The molecule has 0 N–H and O–H groups in total. The molecule has 0 bridgehead atoms. The molecule has 0 heterocycles. The molecule has 13 valence electrons. The summed E-state index contributed by atoms with van der Waals surface area (Å²) in [6.07, 6.45) is 0. The zero-order valence-corrected chi connectivity index (χ0v) is 6.35. The molecule has 0 fully saturated rings. The third-order valence-corrected chi connectivity index (χ3v) is 0. The maximum Gasteiger partial charge on any atom is 2.00 e. The third kappa shape index (κ3) is 8.93. The van der Waals surface area contributed by atoms with Gasteiger partial charge in [-0.1, -0.05) is 0 Å². The van der Waals surface area contributed by atoms with Crippen molar-refractivity contribution in [1.82, 2.24) is 0 Å². The van der Waals surface area contributed by atoms with Gasteiger partial charge in [-0.15, -0.1) is 0 Å². The molecule has 0 aliphatic heterocycles. The van der Waals surface area contributed by atoms with Crippen molar-refractivity contribution in [2.75, 3.05) is 0 Å². The van der Waals surface area contributed by atoms with Gasteiger partial charge in [0.25, 0.3) is 0 Å². The Bertz CT molecular complexity index is 14.9. The Morgan fingerprint density at radius 1 is 1.25 bits per heavy atom. The van der Waals surface area contributed by atoms with Gasteiger partial charge in [0.2, 0.25) is 0 Å². The van der Waals surface area contributed by atoms with Crippen LogP contribution < -0.4 is 18.9 Å². The molecule has 0 rings (SSSR count). The van der Waals surface area contributed by atoms with E-state index in [0.29, 0.717) is 0 Å². The van der Waals surface area contributed by atoms with Crippen molar-refractivity contribution in [3.63, 3.8) is 0 Å². The van der Waals surface area contributed by atoms with E-state index in [9.17, 15) is 0 Å². The van der Waals surface area contributed by atoms with Crippen molar-refractivity contribution in [3.05, 3.63) is 0 Å². The predicted octanol–water partition coefficient (Wildman–Crippen LogP) is -3.80. The van der Waals surface area contributed by atoms with E-state index >= 15 is 0 Å². The molecular formula is H3AlLiMgSi. The Morgan fingerprint density at radius 2 is 1.25 bits per heavy atom. The summed E-state index contributed by atoms with van der Waals surface area (Å²) in [5.41, 5.74) is 0. The molecule has 0 nitrogen and oxygen atoms in total. The third-order valence-electron chi connectivity index (χ3n) is 0.